The molecule has 0 radical (unpaired) electrons. The first kappa shape index (κ1) is 15.3. The number of hydrogen-bond donors (Lipinski definition) is 0. The van der Waals surface area contributed by atoms with Crippen LogP contribution < -0.4 is 0 Å². The summed E-state index contributed by atoms with van der Waals surface area (Å²) in [5.74, 6) is 0.893. The van der Waals surface area contributed by atoms with Crippen LogP contribution in [0.3, 0.4) is 0 Å². The van der Waals surface area contributed by atoms with Crippen molar-refractivity contribution in [3.05, 3.63) is 39.3 Å². The molecule has 0 unspecified atom stereocenters. The van der Waals surface area contributed by atoms with E-state index in [9.17, 15) is 4.79 Å². The van der Waals surface area contributed by atoms with E-state index in [0.29, 0.717) is 0 Å². The summed E-state index contributed by atoms with van der Waals surface area (Å²) in [6.45, 7) is 3.02. The van der Waals surface area contributed by atoms with E-state index in [2.05, 4.69) is 18.1 Å². The molecule has 5 heteroatoms. The highest BCUT2D eigenvalue weighted by Gasteiger charge is 2.22. The largest absolute Gasteiger partial charge is 0.341 e. The van der Waals surface area contributed by atoms with Crippen molar-refractivity contribution in [2.75, 3.05) is 13.6 Å². The summed E-state index contributed by atoms with van der Waals surface area (Å²) in [4.78, 5) is 16.7. The Bertz CT molecular complexity index is 673. The summed E-state index contributed by atoms with van der Waals surface area (Å²) in [5, 5.41) is 4.16. The average molecular weight is 317 g/mol. The van der Waals surface area contributed by atoms with Crippen LogP contribution in [0.25, 0.3) is 0 Å². The first-order chi connectivity index (χ1) is 10.5. The Morgan fingerprint density at radius 1 is 1.55 bits per heavy atom. The van der Waals surface area contributed by atoms with E-state index >= 15 is 0 Å². The van der Waals surface area contributed by atoms with Crippen LogP contribution in [0.4, 0.5) is 0 Å². The van der Waals surface area contributed by atoms with Gasteiger partial charge >= 0.3 is 0 Å². The minimum atomic E-state index is 0.149. The molecule has 0 saturated carbocycles. The van der Waals surface area contributed by atoms with E-state index in [1.165, 1.54) is 22.4 Å². The van der Waals surface area contributed by atoms with Gasteiger partial charge in [0.2, 0.25) is 0 Å². The van der Waals surface area contributed by atoms with E-state index in [1.54, 1.807) is 16.0 Å². The van der Waals surface area contributed by atoms with Crippen LogP contribution in [0.1, 0.15) is 39.0 Å². The summed E-state index contributed by atoms with van der Waals surface area (Å²) < 4.78 is 1.80. The van der Waals surface area contributed by atoms with Crippen molar-refractivity contribution in [1.82, 2.24) is 14.7 Å². The van der Waals surface area contributed by atoms with E-state index in [0.717, 1.165) is 36.6 Å². The monoisotopic (exact) mass is 317 g/mol. The zero-order valence-corrected chi connectivity index (χ0v) is 14.3. The van der Waals surface area contributed by atoms with Gasteiger partial charge in [-0.05, 0) is 48.8 Å². The molecular formula is C17H23N3OS. The minimum absolute atomic E-state index is 0.149. The second-order valence-corrected chi connectivity index (χ2v) is 7.54. The molecule has 0 saturated heterocycles. The summed E-state index contributed by atoms with van der Waals surface area (Å²) in [7, 11) is 3.80. The summed E-state index contributed by atoms with van der Waals surface area (Å²) in [5.41, 5.74) is 2.56. The Morgan fingerprint density at radius 3 is 3.09 bits per heavy atom. The van der Waals surface area contributed by atoms with Crippen LogP contribution in [-0.4, -0.2) is 34.2 Å². The Kier molecular flexibility index (Phi) is 4.34. The number of likely N-dealkylation sites (N-methyl/N-ethyl adjacent to an activating group) is 1. The van der Waals surface area contributed by atoms with Gasteiger partial charge in [0.15, 0.2) is 0 Å². The fourth-order valence-electron chi connectivity index (χ4n) is 3.00. The molecule has 0 fully saturated rings. The molecule has 1 aliphatic carbocycles. The second kappa shape index (κ2) is 6.24. The first-order valence-corrected chi connectivity index (χ1v) is 8.69. The van der Waals surface area contributed by atoms with Gasteiger partial charge < -0.3 is 4.90 Å². The third kappa shape index (κ3) is 3.24. The normalized spacial score (nSPS) is 17.3. The van der Waals surface area contributed by atoms with Gasteiger partial charge in [-0.1, -0.05) is 6.92 Å². The lowest BCUT2D eigenvalue weighted by molar-refractivity contribution is 0.0801. The summed E-state index contributed by atoms with van der Waals surface area (Å²) in [6, 6.07) is 2.12. The Hall–Kier alpha value is -1.62. The number of nitrogens with zero attached hydrogens (tertiary/aromatic N) is 3. The van der Waals surface area contributed by atoms with Crippen LogP contribution in [0.5, 0.6) is 0 Å². The van der Waals surface area contributed by atoms with Gasteiger partial charge in [-0.15, -0.1) is 11.3 Å². The van der Waals surface area contributed by atoms with Crippen molar-refractivity contribution in [1.29, 1.82) is 0 Å². The maximum atomic E-state index is 12.6. The van der Waals surface area contributed by atoms with Crippen LogP contribution in [0.2, 0.25) is 0 Å². The number of rotatable bonds is 4. The molecule has 1 atom stereocenters. The molecule has 118 valence electrons. The third-order valence-corrected chi connectivity index (χ3v) is 5.61. The number of thiophene rings is 1. The van der Waals surface area contributed by atoms with Crippen LogP contribution in [0, 0.1) is 5.92 Å². The molecule has 2 heterocycles. The van der Waals surface area contributed by atoms with Gasteiger partial charge in [0.1, 0.15) is 0 Å². The fraction of sp³-hybridized carbons (Fsp3) is 0.529. The number of amides is 1. The van der Waals surface area contributed by atoms with Crippen LogP contribution >= 0.6 is 11.3 Å². The predicted molar refractivity (Wildman–Crippen MR) is 89.4 cm³/mol. The summed E-state index contributed by atoms with van der Waals surface area (Å²) >= 11 is 1.69. The van der Waals surface area contributed by atoms with E-state index in [-0.39, 0.29) is 5.91 Å². The molecule has 2 aromatic rings. The maximum Gasteiger partial charge on any atom is 0.263 e. The van der Waals surface area contributed by atoms with Gasteiger partial charge in [0, 0.05) is 31.7 Å². The molecule has 0 bridgehead atoms. The molecule has 0 N–H and O–H groups in total. The smallest absolute Gasteiger partial charge is 0.263 e. The highest BCUT2D eigenvalue weighted by atomic mass is 32.1. The quantitative estimate of drug-likeness (QED) is 0.869. The van der Waals surface area contributed by atoms with Gasteiger partial charge in [-0.25, -0.2) is 0 Å². The van der Waals surface area contributed by atoms with Gasteiger partial charge in [0.05, 0.1) is 11.1 Å². The van der Waals surface area contributed by atoms with Crippen molar-refractivity contribution in [2.24, 2.45) is 13.0 Å². The number of aromatic nitrogens is 2. The van der Waals surface area contributed by atoms with Gasteiger partial charge in [0.25, 0.3) is 5.91 Å². The fourth-order valence-corrected chi connectivity index (χ4v) is 4.20. The molecule has 1 aliphatic rings. The molecular weight excluding hydrogens is 294 g/mol. The van der Waals surface area contributed by atoms with Gasteiger partial charge in [-0.3, -0.25) is 9.48 Å². The number of fused-ring (bicyclic) bond motifs is 1. The van der Waals surface area contributed by atoms with Crippen LogP contribution in [0.15, 0.2) is 18.5 Å². The minimum Gasteiger partial charge on any atom is -0.341 e. The van der Waals surface area contributed by atoms with E-state index < -0.39 is 0 Å². The number of carbonyl (C=O) groups excluding carboxylic acids is 1. The molecule has 2 aromatic heterocycles. The van der Waals surface area contributed by atoms with Crippen molar-refractivity contribution < 1.29 is 4.79 Å². The molecule has 4 nitrogen and oxygen atoms in total. The van der Waals surface area contributed by atoms with E-state index in [1.807, 2.05) is 31.4 Å². The Morgan fingerprint density at radius 2 is 2.36 bits per heavy atom. The van der Waals surface area contributed by atoms with Crippen molar-refractivity contribution in [3.8, 4) is 0 Å². The molecule has 1 amide bonds. The van der Waals surface area contributed by atoms with Gasteiger partial charge in [-0.2, -0.15) is 5.10 Å². The van der Waals surface area contributed by atoms with Crippen LogP contribution in [-0.2, 0) is 26.3 Å². The highest BCUT2D eigenvalue weighted by Crippen LogP contribution is 2.32. The molecule has 22 heavy (non-hydrogen) atoms. The highest BCUT2D eigenvalue weighted by molar-refractivity contribution is 7.14. The maximum absolute atomic E-state index is 12.6. The molecule has 3 rings (SSSR count). The zero-order valence-electron chi connectivity index (χ0n) is 13.5. The molecule has 0 spiro atoms. The zero-order chi connectivity index (χ0) is 15.7. The SMILES string of the molecule is C[C@H]1CCc2sc(C(=O)N(C)CCc3cnn(C)c3)cc2C1. The third-order valence-electron chi connectivity index (χ3n) is 4.38. The number of aryl methyl sites for hydroxylation is 2. The Labute approximate surface area is 135 Å². The van der Waals surface area contributed by atoms with Crippen molar-refractivity contribution in [2.45, 2.75) is 32.6 Å². The predicted octanol–water partition coefficient (Wildman–Crippen LogP) is 2.92. The lowest BCUT2D eigenvalue weighted by Gasteiger charge is -2.16. The summed E-state index contributed by atoms with van der Waals surface area (Å²) in [6.07, 6.45) is 8.22. The van der Waals surface area contributed by atoms with Crippen molar-refractivity contribution in [3.63, 3.8) is 0 Å². The number of hydrogen-bond acceptors (Lipinski definition) is 3. The molecule has 0 aromatic carbocycles. The average Bonchev–Trinajstić information content (AvgIpc) is 3.09. The topological polar surface area (TPSA) is 38.1 Å². The Balaban J connectivity index is 1.63. The second-order valence-electron chi connectivity index (χ2n) is 6.41. The first-order valence-electron chi connectivity index (χ1n) is 7.87. The van der Waals surface area contributed by atoms with Crippen molar-refractivity contribution >= 4 is 17.2 Å². The molecule has 0 aliphatic heterocycles. The lowest BCUT2D eigenvalue weighted by Crippen LogP contribution is -2.28. The number of carbonyl (C=O) groups is 1. The lowest BCUT2D eigenvalue weighted by atomic mass is 9.90. The standard InChI is InChI=1S/C17H23N3OS/c1-12-4-5-15-14(8-12)9-16(22-15)17(21)19(2)7-6-13-10-18-20(3)11-13/h9-12H,4-8H2,1-3H3/t12-/m0/s1. The van der Waals surface area contributed by atoms with E-state index in [4.69, 9.17) is 0 Å².